The maximum atomic E-state index is 14.6. The van der Waals surface area contributed by atoms with E-state index in [-0.39, 0.29) is 11.8 Å². The van der Waals surface area contributed by atoms with E-state index in [1.54, 1.807) is 43.0 Å². The first-order valence-corrected chi connectivity index (χ1v) is 13.1. The highest BCUT2D eigenvalue weighted by Crippen LogP contribution is 2.25. The van der Waals surface area contributed by atoms with Crippen LogP contribution in [0.3, 0.4) is 0 Å². The summed E-state index contributed by atoms with van der Waals surface area (Å²) in [6.45, 7) is 4.36. The van der Waals surface area contributed by atoms with Crippen LogP contribution in [-0.2, 0) is 17.3 Å². The molecule has 0 aliphatic carbocycles. The van der Waals surface area contributed by atoms with Crippen LogP contribution in [0, 0.1) is 5.82 Å². The molecule has 1 aromatic carbocycles. The molecule has 0 spiro atoms. The van der Waals surface area contributed by atoms with Gasteiger partial charge in [0.1, 0.15) is 5.82 Å². The molecule has 1 atom stereocenters. The third-order valence-electron chi connectivity index (χ3n) is 6.43. The fourth-order valence-electron chi connectivity index (χ4n) is 4.50. The average molecular weight is 510 g/mol. The van der Waals surface area contributed by atoms with Gasteiger partial charge in [0, 0.05) is 54.7 Å². The zero-order chi connectivity index (χ0) is 24.8. The fourth-order valence-corrected chi connectivity index (χ4v) is 5.03. The average Bonchev–Trinajstić information content (AvgIpc) is 3.63. The number of piperazine rings is 1. The maximum absolute atomic E-state index is 14.6. The molecule has 0 radical (unpaired) electrons. The highest BCUT2D eigenvalue weighted by molar-refractivity contribution is 7.84. The minimum absolute atomic E-state index is 0.220. The van der Waals surface area contributed by atoms with Crippen LogP contribution in [0.2, 0.25) is 0 Å². The Morgan fingerprint density at radius 1 is 1.11 bits per heavy atom. The van der Waals surface area contributed by atoms with Gasteiger partial charge in [-0.15, -0.1) is 5.10 Å². The van der Waals surface area contributed by atoms with Crippen LogP contribution >= 0.6 is 0 Å². The van der Waals surface area contributed by atoms with Crippen molar-refractivity contribution in [3.05, 3.63) is 48.6 Å². The first-order valence-electron chi connectivity index (χ1n) is 11.5. The molecule has 1 aliphatic rings. The molecule has 1 saturated heterocycles. The number of fused-ring (bicyclic) bond motifs is 3. The number of benzene rings is 1. The standard InChI is InChI=1S/C23H24FN9O2S/c1-36(34)15-4-5-18(17(24)13-15)31-9-6-30(7-10-31)8-11-32-21-16(14-26-32)22-27-20(19-3-2-12-35-19)29-33(22)23(25)28-21/h2-5,12-14H,6-11H2,1H3,(H2,25,28). The molecule has 13 heteroatoms. The number of nitrogen functional groups attached to an aromatic ring is 1. The summed E-state index contributed by atoms with van der Waals surface area (Å²) in [5.41, 5.74) is 7.95. The molecule has 1 fully saturated rings. The van der Waals surface area contributed by atoms with Crippen molar-refractivity contribution in [1.29, 1.82) is 0 Å². The molecule has 186 valence electrons. The van der Waals surface area contributed by atoms with Gasteiger partial charge in [-0.2, -0.15) is 14.6 Å². The number of anilines is 2. The molecule has 5 aromatic rings. The molecule has 0 saturated carbocycles. The predicted molar refractivity (Wildman–Crippen MR) is 134 cm³/mol. The summed E-state index contributed by atoms with van der Waals surface area (Å²) in [5.74, 6) is 0.866. The fraction of sp³-hybridized carbons (Fsp3) is 0.304. The first-order chi connectivity index (χ1) is 17.5. The van der Waals surface area contributed by atoms with E-state index in [4.69, 9.17) is 10.2 Å². The normalized spacial score (nSPS) is 15.8. The van der Waals surface area contributed by atoms with Gasteiger partial charge < -0.3 is 15.1 Å². The summed E-state index contributed by atoms with van der Waals surface area (Å²) in [6.07, 6.45) is 4.84. The second-order valence-corrected chi connectivity index (χ2v) is 10.00. The molecular weight excluding hydrogens is 485 g/mol. The van der Waals surface area contributed by atoms with E-state index < -0.39 is 10.8 Å². The Labute approximate surface area is 207 Å². The van der Waals surface area contributed by atoms with Crippen molar-refractivity contribution in [3.63, 3.8) is 0 Å². The van der Waals surface area contributed by atoms with E-state index in [0.717, 1.165) is 25.0 Å². The molecule has 1 aliphatic heterocycles. The van der Waals surface area contributed by atoms with Crippen LogP contribution in [-0.4, -0.2) is 77.5 Å². The molecule has 4 aromatic heterocycles. The zero-order valence-electron chi connectivity index (χ0n) is 19.5. The number of hydrogen-bond acceptors (Lipinski definition) is 9. The lowest BCUT2D eigenvalue weighted by atomic mass is 10.2. The summed E-state index contributed by atoms with van der Waals surface area (Å²) < 4.78 is 34.9. The van der Waals surface area contributed by atoms with Gasteiger partial charge in [-0.3, -0.25) is 9.11 Å². The van der Waals surface area contributed by atoms with Crippen molar-refractivity contribution >= 4 is 39.1 Å². The second-order valence-electron chi connectivity index (χ2n) is 8.62. The largest absolute Gasteiger partial charge is 0.461 e. The van der Waals surface area contributed by atoms with Crippen LogP contribution < -0.4 is 10.6 Å². The van der Waals surface area contributed by atoms with E-state index >= 15 is 0 Å². The molecule has 2 N–H and O–H groups in total. The Morgan fingerprint density at radius 2 is 1.94 bits per heavy atom. The zero-order valence-corrected chi connectivity index (χ0v) is 20.4. The first kappa shape index (κ1) is 22.6. The molecule has 36 heavy (non-hydrogen) atoms. The Kier molecular flexibility index (Phi) is 5.64. The Balaban J connectivity index is 1.14. The van der Waals surface area contributed by atoms with Crippen LogP contribution in [0.5, 0.6) is 0 Å². The highest BCUT2D eigenvalue weighted by Gasteiger charge is 2.21. The summed E-state index contributed by atoms with van der Waals surface area (Å²) >= 11 is 0. The number of nitrogens with zero attached hydrogens (tertiary/aromatic N) is 8. The number of rotatable bonds is 6. The molecule has 6 rings (SSSR count). The summed E-state index contributed by atoms with van der Waals surface area (Å²) in [7, 11) is -1.20. The van der Waals surface area contributed by atoms with Gasteiger partial charge in [0.15, 0.2) is 17.1 Å². The minimum atomic E-state index is -1.20. The molecule has 11 nitrogen and oxygen atoms in total. The molecule has 1 unspecified atom stereocenters. The number of halogens is 1. The third-order valence-corrected chi connectivity index (χ3v) is 7.35. The van der Waals surface area contributed by atoms with Crippen molar-refractivity contribution in [1.82, 2.24) is 34.3 Å². The Hall–Kier alpha value is -3.84. The summed E-state index contributed by atoms with van der Waals surface area (Å²) in [5, 5.41) is 9.70. The van der Waals surface area contributed by atoms with Crippen molar-refractivity contribution in [2.45, 2.75) is 11.4 Å². The van der Waals surface area contributed by atoms with E-state index in [2.05, 4.69) is 25.1 Å². The van der Waals surface area contributed by atoms with Crippen LogP contribution in [0.15, 0.2) is 52.1 Å². The van der Waals surface area contributed by atoms with Gasteiger partial charge in [-0.25, -0.2) is 14.1 Å². The predicted octanol–water partition coefficient (Wildman–Crippen LogP) is 2.01. The van der Waals surface area contributed by atoms with E-state index in [1.165, 1.54) is 10.6 Å². The molecular formula is C23H24FN9O2S. The van der Waals surface area contributed by atoms with E-state index in [0.29, 0.717) is 53.1 Å². The molecule has 0 amide bonds. The van der Waals surface area contributed by atoms with E-state index in [1.807, 2.05) is 9.58 Å². The topological polar surface area (TPSA) is 124 Å². The number of nitrogens with two attached hydrogens (primary N) is 1. The minimum Gasteiger partial charge on any atom is -0.461 e. The van der Waals surface area contributed by atoms with Crippen LogP contribution in [0.25, 0.3) is 28.3 Å². The molecule has 0 bridgehead atoms. The number of hydrogen-bond donors (Lipinski definition) is 1. The highest BCUT2D eigenvalue weighted by atomic mass is 32.2. The van der Waals surface area contributed by atoms with Gasteiger partial charge in [0.25, 0.3) is 0 Å². The number of furan rings is 1. The number of aromatic nitrogens is 6. The summed E-state index contributed by atoms with van der Waals surface area (Å²) in [6, 6.07) is 8.37. The Morgan fingerprint density at radius 3 is 2.67 bits per heavy atom. The van der Waals surface area contributed by atoms with Crippen LogP contribution in [0.4, 0.5) is 16.0 Å². The quantitative estimate of drug-likeness (QED) is 0.366. The SMILES string of the molecule is CS(=O)c1ccc(N2CCN(CCn3ncc4c3nc(N)n3nc(-c5ccco5)nc43)CC2)c(F)c1. The van der Waals surface area contributed by atoms with E-state index in [9.17, 15) is 8.60 Å². The second kappa shape index (κ2) is 8.99. The Bertz CT molecular complexity index is 1570. The van der Waals surface area contributed by atoms with Crippen molar-refractivity contribution in [3.8, 4) is 11.6 Å². The van der Waals surface area contributed by atoms with Crippen LogP contribution in [0.1, 0.15) is 0 Å². The smallest absolute Gasteiger partial charge is 0.225 e. The monoisotopic (exact) mass is 509 g/mol. The lowest BCUT2D eigenvalue weighted by molar-refractivity contribution is 0.245. The van der Waals surface area contributed by atoms with Gasteiger partial charge in [0.05, 0.1) is 30.1 Å². The van der Waals surface area contributed by atoms with Gasteiger partial charge in [-0.1, -0.05) is 0 Å². The van der Waals surface area contributed by atoms with Gasteiger partial charge >= 0.3 is 0 Å². The molecule has 5 heterocycles. The third kappa shape index (κ3) is 3.99. The van der Waals surface area contributed by atoms with Crippen molar-refractivity contribution in [2.24, 2.45) is 0 Å². The summed E-state index contributed by atoms with van der Waals surface area (Å²) in [4.78, 5) is 13.9. The maximum Gasteiger partial charge on any atom is 0.225 e. The lowest BCUT2D eigenvalue weighted by Crippen LogP contribution is -2.47. The lowest BCUT2D eigenvalue weighted by Gasteiger charge is -2.36. The van der Waals surface area contributed by atoms with Crippen molar-refractivity contribution in [2.75, 3.05) is 49.6 Å². The van der Waals surface area contributed by atoms with Gasteiger partial charge in [-0.05, 0) is 30.3 Å². The van der Waals surface area contributed by atoms with Gasteiger partial charge in [0.2, 0.25) is 11.8 Å². The van der Waals surface area contributed by atoms with Crippen molar-refractivity contribution < 1.29 is 13.0 Å².